The molecular weight excluding hydrogens is 223 g/mol. The first-order valence-electron chi connectivity index (χ1n) is 5.36. The number of nitrogens with one attached hydrogen (secondary N) is 2. The molecule has 1 unspecified atom stereocenters. The van der Waals surface area contributed by atoms with Gasteiger partial charge in [0, 0.05) is 5.69 Å². The van der Waals surface area contributed by atoms with Crippen molar-refractivity contribution in [1.29, 1.82) is 0 Å². The van der Waals surface area contributed by atoms with Crippen LogP contribution >= 0.6 is 0 Å². The Bertz CT molecular complexity index is 557. The number of H-pyrrole nitrogens is 2. The monoisotopic (exact) mass is 236 g/mol. The van der Waals surface area contributed by atoms with Crippen molar-refractivity contribution in [2.24, 2.45) is 0 Å². The molecule has 5 heteroatoms. The molecule has 1 heterocycles. The maximum atomic E-state index is 12.8. The molecule has 90 valence electrons. The summed E-state index contributed by atoms with van der Waals surface area (Å²) in [6, 6.07) is 5.53. The first kappa shape index (κ1) is 11.6. The number of benzene rings is 1. The standard InChI is InChI=1S/C12H13FN2O2/c1-2-9-10(15-12(17)14-9)11(16)7-3-5-8(13)6-4-7/h3-6,11,16H,2H2,1H3,(H2,14,15,17). The van der Waals surface area contributed by atoms with E-state index in [1.807, 2.05) is 6.92 Å². The average Bonchev–Trinajstić information content (AvgIpc) is 2.70. The molecule has 4 nitrogen and oxygen atoms in total. The molecule has 0 fully saturated rings. The summed E-state index contributed by atoms with van der Waals surface area (Å²) in [5, 5.41) is 10.1. The van der Waals surface area contributed by atoms with Crippen LogP contribution in [-0.2, 0) is 6.42 Å². The van der Waals surface area contributed by atoms with E-state index in [1.165, 1.54) is 24.3 Å². The molecule has 0 aliphatic carbocycles. The average molecular weight is 236 g/mol. The molecule has 0 radical (unpaired) electrons. The SMILES string of the molecule is CCc1[nH]c(=O)[nH]c1C(O)c1ccc(F)cc1. The van der Waals surface area contributed by atoms with Crippen molar-refractivity contribution in [3.05, 3.63) is 57.5 Å². The minimum absolute atomic E-state index is 0.349. The Morgan fingerprint density at radius 3 is 2.53 bits per heavy atom. The van der Waals surface area contributed by atoms with Crippen molar-refractivity contribution < 1.29 is 9.50 Å². The highest BCUT2D eigenvalue weighted by Gasteiger charge is 2.16. The second-order valence-corrected chi connectivity index (χ2v) is 3.78. The van der Waals surface area contributed by atoms with Gasteiger partial charge in [-0.05, 0) is 24.1 Å². The number of aliphatic hydroxyl groups excluding tert-OH is 1. The number of aromatic amines is 2. The Balaban J connectivity index is 2.39. The predicted octanol–water partition coefficient (Wildman–Crippen LogP) is 1.49. The van der Waals surface area contributed by atoms with Crippen LogP contribution in [0.3, 0.4) is 0 Å². The second-order valence-electron chi connectivity index (χ2n) is 3.78. The van der Waals surface area contributed by atoms with E-state index >= 15 is 0 Å². The lowest BCUT2D eigenvalue weighted by Gasteiger charge is -2.10. The molecule has 0 bridgehead atoms. The van der Waals surface area contributed by atoms with Crippen LogP contribution in [0.25, 0.3) is 0 Å². The third-order valence-electron chi connectivity index (χ3n) is 2.65. The molecule has 3 N–H and O–H groups in total. The maximum Gasteiger partial charge on any atom is 0.323 e. The summed E-state index contributed by atoms with van der Waals surface area (Å²) in [6.07, 6.45) is -0.351. The first-order chi connectivity index (χ1) is 8.11. The van der Waals surface area contributed by atoms with Crippen molar-refractivity contribution in [3.63, 3.8) is 0 Å². The van der Waals surface area contributed by atoms with Crippen molar-refractivity contribution in [1.82, 2.24) is 9.97 Å². The number of hydrogen-bond donors (Lipinski definition) is 3. The quantitative estimate of drug-likeness (QED) is 0.755. The molecular formula is C12H13FN2O2. The zero-order valence-electron chi connectivity index (χ0n) is 9.33. The summed E-state index contributed by atoms with van der Waals surface area (Å²) >= 11 is 0. The van der Waals surface area contributed by atoms with Gasteiger partial charge in [-0.15, -0.1) is 0 Å². The predicted molar refractivity (Wildman–Crippen MR) is 61.3 cm³/mol. The van der Waals surface area contributed by atoms with Gasteiger partial charge in [-0.25, -0.2) is 9.18 Å². The van der Waals surface area contributed by atoms with Gasteiger partial charge in [0.15, 0.2) is 0 Å². The van der Waals surface area contributed by atoms with E-state index in [2.05, 4.69) is 9.97 Å². The minimum Gasteiger partial charge on any atom is -0.382 e. The molecule has 0 aliphatic heterocycles. The molecule has 1 aromatic heterocycles. The van der Waals surface area contributed by atoms with Gasteiger partial charge >= 0.3 is 5.69 Å². The first-order valence-corrected chi connectivity index (χ1v) is 5.36. The Labute approximate surface area is 97.1 Å². The zero-order valence-corrected chi connectivity index (χ0v) is 9.33. The normalized spacial score (nSPS) is 12.6. The van der Waals surface area contributed by atoms with Crippen molar-refractivity contribution in [2.75, 3.05) is 0 Å². The topological polar surface area (TPSA) is 68.9 Å². The maximum absolute atomic E-state index is 12.8. The third kappa shape index (κ3) is 2.29. The van der Waals surface area contributed by atoms with Gasteiger partial charge in [0.25, 0.3) is 0 Å². The fraction of sp³-hybridized carbons (Fsp3) is 0.250. The number of rotatable bonds is 3. The smallest absolute Gasteiger partial charge is 0.323 e. The van der Waals surface area contributed by atoms with Crippen LogP contribution in [0.5, 0.6) is 0 Å². The molecule has 0 saturated carbocycles. The largest absolute Gasteiger partial charge is 0.382 e. The molecule has 2 aromatic rings. The van der Waals surface area contributed by atoms with E-state index in [9.17, 15) is 14.3 Å². The van der Waals surface area contributed by atoms with E-state index in [-0.39, 0.29) is 11.5 Å². The fourth-order valence-corrected chi connectivity index (χ4v) is 1.76. The van der Waals surface area contributed by atoms with Crippen LogP contribution in [-0.4, -0.2) is 15.1 Å². The van der Waals surface area contributed by atoms with Gasteiger partial charge in [0.1, 0.15) is 11.9 Å². The van der Waals surface area contributed by atoms with E-state index in [0.717, 1.165) is 0 Å². The number of aliphatic hydroxyl groups is 1. The number of aromatic nitrogens is 2. The van der Waals surface area contributed by atoms with Gasteiger partial charge < -0.3 is 15.1 Å². The Kier molecular flexibility index (Phi) is 3.10. The van der Waals surface area contributed by atoms with Crippen LogP contribution in [0.4, 0.5) is 4.39 Å². The van der Waals surface area contributed by atoms with Gasteiger partial charge in [-0.1, -0.05) is 19.1 Å². The molecule has 0 saturated heterocycles. The summed E-state index contributed by atoms with van der Waals surface area (Å²) in [7, 11) is 0. The van der Waals surface area contributed by atoms with Gasteiger partial charge in [-0.3, -0.25) is 0 Å². The number of hydrogen-bond acceptors (Lipinski definition) is 2. The zero-order chi connectivity index (χ0) is 12.4. The van der Waals surface area contributed by atoms with Gasteiger partial charge in [0.05, 0.1) is 5.69 Å². The third-order valence-corrected chi connectivity index (χ3v) is 2.65. The molecule has 1 aromatic carbocycles. The highest BCUT2D eigenvalue weighted by atomic mass is 19.1. The number of imidazole rings is 1. The van der Waals surface area contributed by atoms with Crippen LogP contribution in [0.2, 0.25) is 0 Å². The summed E-state index contributed by atoms with van der Waals surface area (Å²) in [5.74, 6) is -0.362. The molecule has 17 heavy (non-hydrogen) atoms. The number of halogens is 1. The van der Waals surface area contributed by atoms with Crippen molar-refractivity contribution in [2.45, 2.75) is 19.4 Å². The van der Waals surface area contributed by atoms with E-state index in [0.29, 0.717) is 23.4 Å². The molecule has 0 aliphatic rings. The van der Waals surface area contributed by atoms with Gasteiger partial charge in [0.2, 0.25) is 0 Å². The summed E-state index contributed by atoms with van der Waals surface area (Å²) in [6.45, 7) is 1.87. The van der Waals surface area contributed by atoms with Crippen LogP contribution in [0, 0.1) is 5.82 Å². The summed E-state index contributed by atoms with van der Waals surface area (Å²) in [5.41, 5.74) is 1.28. The number of aryl methyl sites for hydroxylation is 1. The summed E-state index contributed by atoms with van der Waals surface area (Å²) < 4.78 is 12.8. The second kappa shape index (κ2) is 4.55. The van der Waals surface area contributed by atoms with E-state index < -0.39 is 6.10 Å². The van der Waals surface area contributed by atoms with Crippen molar-refractivity contribution in [3.8, 4) is 0 Å². The van der Waals surface area contributed by atoms with Crippen LogP contribution in [0.1, 0.15) is 30.0 Å². The lowest BCUT2D eigenvalue weighted by molar-refractivity contribution is 0.214. The van der Waals surface area contributed by atoms with E-state index in [4.69, 9.17) is 0 Å². The lowest BCUT2D eigenvalue weighted by Crippen LogP contribution is -2.05. The molecule has 0 amide bonds. The van der Waals surface area contributed by atoms with Crippen LogP contribution in [0.15, 0.2) is 29.1 Å². The molecule has 1 atom stereocenters. The Morgan fingerprint density at radius 1 is 1.29 bits per heavy atom. The van der Waals surface area contributed by atoms with Gasteiger partial charge in [-0.2, -0.15) is 0 Å². The highest BCUT2D eigenvalue weighted by Crippen LogP contribution is 2.22. The lowest BCUT2D eigenvalue weighted by atomic mass is 10.0. The Morgan fingerprint density at radius 2 is 1.94 bits per heavy atom. The van der Waals surface area contributed by atoms with E-state index in [1.54, 1.807) is 0 Å². The highest BCUT2D eigenvalue weighted by molar-refractivity contribution is 5.28. The fourth-order valence-electron chi connectivity index (χ4n) is 1.76. The Hall–Kier alpha value is -1.88. The van der Waals surface area contributed by atoms with Crippen molar-refractivity contribution >= 4 is 0 Å². The molecule has 0 spiro atoms. The minimum atomic E-state index is -0.954. The van der Waals surface area contributed by atoms with Crippen LogP contribution < -0.4 is 5.69 Å². The summed E-state index contributed by atoms with van der Waals surface area (Å²) in [4.78, 5) is 16.3. The molecule has 2 rings (SSSR count).